The summed E-state index contributed by atoms with van der Waals surface area (Å²) in [6.45, 7) is 2.94. The number of hydrogen-bond donors (Lipinski definition) is 1. The second-order valence-corrected chi connectivity index (χ2v) is 6.75. The highest BCUT2D eigenvalue weighted by atomic mass is 79.9. The average Bonchev–Trinajstić information content (AvgIpc) is 2.45. The van der Waals surface area contributed by atoms with Crippen LogP contribution in [-0.4, -0.2) is 6.61 Å². The third-order valence-corrected chi connectivity index (χ3v) is 4.91. The van der Waals surface area contributed by atoms with Crippen LogP contribution in [0.3, 0.4) is 0 Å². The number of anilines is 1. The fourth-order valence-corrected chi connectivity index (χ4v) is 3.73. The monoisotopic (exact) mass is 395 g/mol. The number of halogens is 2. The van der Waals surface area contributed by atoms with Crippen LogP contribution in [0, 0.1) is 5.92 Å². The van der Waals surface area contributed by atoms with E-state index in [0.29, 0.717) is 5.92 Å². The van der Waals surface area contributed by atoms with Crippen molar-refractivity contribution in [2.24, 2.45) is 5.92 Å². The normalized spacial score (nSPS) is 20.9. The van der Waals surface area contributed by atoms with Gasteiger partial charge >= 0.3 is 0 Å². The number of fused-ring (bicyclic) bond motifs is 1. The van der Waals surface area contributed by atoms with Gasteiger partial charge in [-0.2, -0.15) is 0 Å². The van der Waals surface area contributed by atoms with Crippen LogP contribution in [0.1, 0.15) is 18.5 Å². The average molecular weight is 397 g/mol. The van der Waals surface area contributed by atoms with E-state index in [4.69, 9.17) is 4.74 Å². The van der Waals surface area contributed by atoms with Crippen LogP contribution in [0.2, 0.25) is 0 Å². The zero-order valence-electron chi connectivity index (χ0n) is 11.1. The number of rotatable bonds is 2. The number of para-hydroxylation sites is 2. The lowest BCUT2D eigenvalue weighted by molar-refractivity contribution is 0.214. The van der Waals surface area contributed by atoms with Crippen molar-refractivity contribution in [2.45, 2.75) is 13.0 Å². The minimum atomic E-state index is 0.245. The van der Waals surface area contributed by atoms with Gasteiger partial charge in [-0.3, -0.25) is 0 Å². The van der Waals surface area contributed by atoms with Crippen molar-refractivity contribution in [3.8, 4) is 5.75 Å². The first-order valence-corrected chi connectivity index (χ1v) is 8.17. The van der Waals surface area contributed by atoms with Crippen LogP contribution < -0.4 is 10.1 Å². The first-order valence-electron chi connectivity index (χ1n) is 6.59. The first kappa shape index (κ1) is 14.0. The summed E-state index contributed by atoms with van der Waals surface area (Å²) in [5, 5.41) is 3.65. The Balaban J connectivity index is 1.98. The molecule has 2 aromatic rings. The number of nitrogens with one attached hydrogen (secondary N) is 1. The summed E-state index contributed by atoms with van der Waals surface area (Å²) in [7, 11) is 0. The quantitative estimate of drug-likeness (QED) is 0.734. The van der Waals surface area contributed by atoms with Crippen LogP contribution in [0.15, 0.2) is 51.4 Å². The molecule has 2 aromatic carbocycles. The molecule has 2 atom stereocenters. The lowest BCUT2D eigenvalue weighted by atomic mass is 9.92. The largest absolute Gasteiger partial charge is 0.493 e. The maximum absolute atomic E-state index is 5.80. The predicted octanol–water partition coefficient (Wildman–Crippen LogP) is 5.39. The molecule has 0 amide bonds. The summed E-state index contributed by atoms with van der Waals surface area (Å²) >= 11 is 7.22. The second-order valence-electron chi connectivity index (χ2n) is 5.04. The molecule has 1 heterocycles. The van der Waals surface area contributed by atoms with Gasteiger partial charge in [-0.25, -0.2) is 0 Å². The van der Waals surface area contributed by atoms with Gasteiger partial charge in [-0.05, 0) is 50.1 Å². The fourth-order valence-electron chi connectivity index (χ4n) is 2.50. The van der Waals surface area contributed by atoms with Gasteiger partial charge in [0.1, 0.15) is 5.75 Å². The molecule has 4 heteroatoms. The third kappa shape index (κ3) is 2.59. The van der Waals surface area contributed by atoms with E-state index in [-0.39, 0.29) is 6.04 Å². The van der Waals surface area contributed by atoms with Crippen molar-refractivity contribution in [2.75, 3.05) is 11.9 Å². The fraction of sp³-hybridized carbons (Fsp3) is 0.250. The highest BCUT2D eigenvalue weighted by Gasteiger charge is 2.28. The lowest BCUT2D eigenvalue weighted by Crippen LogP contribution is -2.29. The molecule has 1 aliphatic heterocycles. The zero-order chi connectivity index (χ0) is 14.1. The van der Waals surface area contributed by atoms with Gasteiger partial charge in [-0.1, -0.05) is 31.2 Å². The van der Waals surface area contributed by atoms with Crippen LogP contribution >= 0.6 is 31.9 Å². The maximum Gasteiger partial charge on any atom is 0.124 e. The molecule has 2 unspecified atom stereocenters. The van der Waals surface area contributed by atoms with E-state index in [1.54, 1.807) is 0 Å². The Morgan fingerprint density at radius 2 is 1.75 bits per heavy atom. The Kier molecular flexibility index (Phi) is 4.03. The summed E-state index contributed by atoms with van der Waals surface area (Å²) < 4.78 is 7.92. The van der Waals surface area contributed by atoms with Crippen LogP contribution in [-0.2, 0) is 0 Å². The van der Waals surface area contributed by atoms with E-state index in [9.17, 15) is 0 Å². The van der Waals surface area contributed by atoms with Crippen LogP contribution in [0.25, 0.3) is 0 Å². The molecule has 0 spiro atoms. The topological polar surface area (TPSA) is 21.3 Å². The highest BCUT2D eigenvalue weighted by molar-refractivity contribution is 9.11. The molecule has 104 valence electrons. The molecule has 0 saturated heterocycles. The van der Waals surface area contributed by atoms with Gasteiger partial charge in [0.2, 0.25) is 0 Å². The third-order valence-electron chi connectivity index (χ3n) is 3.59. The standard InChI is InChI=1S/C16H15Br2NO/c1-10-9-20-14-8-3-2-5-11(14)15(10)19-16-12(17)6-4-7-13(16)18/h2-8,10,15,19H,9H2,1H3. The highest BCUT2D eigenvalue weighted by Crippen LogP contribution is 2.40. The molecular weight excluding hydrogens is 382 g/mol. The summed E-state index contributed by atoms with van der Waals surface area (Å²) in [5.74, 6) is 1.38. The van der Waals surface area contributed by atoms with E-state index in [1.807, 2.05) is 30.3 Å². The molecule has 0 bridgehead atoms. The Labute approximate surface area is 135 Å². The van der Waals surface area contributed by atoms with Crippen LogP contribution in [0.4, 0.5) is 5.69 Å². The van der Waals surface area contributed by atoms with Gasteiger partial charge in [0, 0.05) is 20.4 Å². The van der Waals surface area contributed by atoms with Gasteiger partial charge in [-0.15, -0.1) is 0 Å². The number of benzene rings is 2. The van der Waals surface area contributed by atoms with Crippen molar-refractivity contribution in [3.63, 3.8) is 0 Å². The minimum Gasteiger partial charge on any atom is -0.493 e. The molecule has 0 aliphatic carbocycles. The Bertz CT molecular complexity index is 609. The summed E-state index contributed by atoms with van der Waals surface area (Å²) in [4.78, 5) is 0. The van der Waals surface area contributed by atoms with Gasteiger partial charge in [0.15, 0.2) is 0 Å². The molecule has 0 radical (unpaired) electrons. The lowest BCUT2D eigenvalue weighted by Gasteiger charge is -2.33. The molecule has 1 aliphatic rings. The van der Waals surface area contributed by atoms with Crippen molar-refractivity contribution in [1.82, 2.24) is 0 Å². The smallest absolute Gasteiger partial charge is 0.124 e. The van der Waals surface area contributed by atoms with Crippen molar-refractivity contribution in [1.29, 1.82) is 0 Å². The van der Waals surface area contributed by atoms with E-state index in [2.05, 4.69) is 56.2 Å². The first-order chi connectivity index (χ1) is 9.66. The van der Waals surface area contributed by atoms with Gasteiger partial charge in [0.05, 0.1) is 18.3 Å². The molecule has 2 nitrogen and oxygen atoms in total. The molecule has 1 N–H and O–H groups in total. The van der Waals surface area contributed by atoms with Crippen molar-refractivity contribution in [3.05, 3.63) is 57.0 Å². The van der Waals surface area contributed by atoms with Gasteiger partial charge in [0.25, 0.3) is 0 Å². The molecule has 0 aromatic heterocycles. The molecular formula is C16H15Br2NO. The van der Waals surface area contributed by atoms with Crippen molar-refractivity contribution < 1.29 is 4.74 Å². The minimum absolute atomic E-state index is 0.245. The van der Waals surface area contributed by atoms with E-state index in [0.717, 1.165) is 27.0 Å². The van der Waals surface area contributed by atoms with E-state index < -0.39 is 0 Å². The maximum atomic E-state index is 5.80. The molecule has 0 fully saturated rings. The van der Waals surface area contributed by atoms with E-state index >= 15 is 0 Å². The van der Waals surface area contributed by atoms with Crippen LogP contribution in [0.5, 0.6) is 5.75 Å². The number of hydrogen-bond acceptors (Lipinski definition) is 2. The zero-order valence-corrected chi connectivity index (χ0v) is 14.2. The Morgan fingerprint density at radius 3 is 2.50 bits per heavy atom. The summed E-state index contributed by atoms with van der Waals surface area (Å²) in [6, 6.07) is 14.6. The Hall–Kier alpha value is -1.000. The molecule has 0 saturated carbocycles. The van der Waals surface area contributed by atoms with Gasteiger partial charge < -0.3 is 10.1 Å². The molecule has 20 heavy (non-hydrogen) atoms. The SMILES string of the molecule is CC1COc2ccccc2C1Nc1c(Br)cccc1Br. The predicted molar refractivity (Wildman–Crippen MR) is 89.3 cm³/mol. The second kappa shape index (κ2) is 5.78. The Morgan fingerprint density at radius 1 is 1.05 bits per heavy atom. The number of ether oxygens (including phenoxy) is 1. The van der Waals surface area contributed by atoms with E-state index in [1.165, 1.54) is 5.56 Å². The summed E-state index contributed by atoms with van der Waals surface area (Å²) in [5.41, 5.74) is 2.30. The van der Waals surface area contributed by atoms with Crippen molar-refractivity contribution >= 4 is 37.5 Å². The molecule has 3 rings (SSSR count). The summed E-state index contributed by atoms with van der Waals surface area (Å²) in [6.07, 6.45) is 0.